The van der Waals surface area contributed by atoms with Gasteiger partial charge in [-0.05, 0) is 49.7 Å². The summed E-state index contributed by atoms with van der Waals surface area (Å²) in [5.41, 5.74) is 2.50. The van der Waals surface area contributed by atoms with Crippen molar-refractivity contribution in [3.8, 4) is 5.88 Å². The lowest BCUT2D eigenvalue weighted by atomic mass is 9.97. The number of ether oxygens (including phenoxy) is 1. The Kier molecular flexibility index (Phi) is 7.41. The maximum absolute atomic E-state index is 5.72. The van der Waals surface area contributed by atoms with E-state index in [1.54, 1.807) is 0 Å². The van der Waals surface area contributed by atoms with Crippen LogP contribution >= 0.6 is 0 Å². The zero-order chi connectivity index (χ0) is 21.5. The Labute approximate surface area is 186 Å². The summed E-state index contributed by atoms with van der Waals surface area (Å²) in [4.78, 5) is 11.4. The molecule has 1 aliphatic heterocycles. The van der Waals surface area contributed by atoms with Crippen LogP contribution < -0.4 is 15.4 Å². The molecular formula is C25H35N5O. The molecule has 0 bridgehead atoms. The standard InChI is InChI=1S/C25H35N5O/c1-19-14-23(12-13-30(19)17-20-6-4-3-5-7-20)29-25(26-2)28-16-22-10-11-24(27-15-22)31-18-21-8-9-21/h3-7,10-11,15,19,21,23H,8-9,12-14,16-18H2,1-2H3,(H2,26,28,29). The summed E-state index contributed by atoms with van der Waals surface area (Å²) in [6.45, 7) is 5.93. The second kappa shape index (κ2) is 10.6. The maximum Gasteiger partial charge on any atom is 0.213 e. The van der Waals surface area contributed by atoms with Gasteiger partial charge in [0, 0.05) is 51.0 Å². The summed E-state index contributed by atoms with van der Waals surface area (Å²) in [6, 6.07) is 15.7. The highest BCUT2D eigenvalue weighted by atomic mass is 16.5. The highest BCUT2D eigenvalue weighted by molar-refractivity contribution is 5.79. The van der Waals surface area contributed by atoms with Crippen LogP contribution in [0.15, 0.2) is 53.7 Å². The lowest BCUT2D eigenvalue weighted by molar-refractivity contribution is 0.134. The van der Waals surface area contributed by atoms with Crippen molar-refractivity contribution >= 4 is 5.96 Å². The minimum absolute atomic E-state index is 0.435. The molecule has 1 saturated carbocycles. The number of hydrogen-bond donors (Lipinski definition) is 2. The van der Waals surface area contributed by atoms with E-state index in [0.717, 1.165) is 55.9 Å². The summed E-state index contributed by atoms with van der Waals surface area (Å²) in [7, 11) is 1.83. The molecule has 2 aromatic rings. The first-order valence-electron chi connectivity index (χ1n) is 11.5. The van der Waals surface area contributed by atoms with Crippen LogP contribution in [0.4, 0.5) is 0 Å². The van der Waals surface area contributed by atoms with Crippen molar-refractivity contribution in [2.75, 3.05) is 20.2 Å². The van der Waals surface area contributed by atoms with Gasteiger partial charge in [-0.15, -0.1) is 0 Å². The van der Waals surface area contributed by atoms with E-state index in [9.17, 15) is 0 Å². The fraction of sp³-hybridized carbons (Fsp3) is 0.520. The molecule has 1 aliphatic carbocycles. The van der Waals surface area contributed by atoms with Gasteiger partial charge in [-0.25, -0.2) is 4.98 Å². The fourth-order valence-electron chi connectivity index (χ4n) is 4.07. The number of benzene rings is 1. The van der Waals surface area contributed by atoms with Gasteiger partial charge >= 0.3 is 0 Å². The molecule has 0 amide bonds. The number of nitrogens with one attached hydrogen (secondary N) is 2. The molecule has 2 atom stereocenters. The molecule has 6 heteroatoms. The number of piperidine rings is 1. The SMILES string of the molecule is CN=C(NCc1ccc(OCC2CC2)nc1)NC1CCN(Cc2ccccc2)C(C)C1. The van der Waals surface area contributed by atoms with Crippen LogP contribution in [-0.4, -0.2) is 48.1 Å². The monoisotopic (exact) mass is 421 g/mol. The highest BCUT2D eigenvalue weighted by Gasteiger charge is 2.26. The summed E-state index contributed by atoms with van der Waals surface area (Å²) in [5.74, 6) is 2.31. The molecule has 166 valence electrons. The van der Waals surface area contributed by atoms with Gasteiger partial charge in [0.05, 0.1) is 6.61 Å². The predicted molar refractivity (Wildman–Crippen MR) is 125 cm³/mol. The summed E-state index contributed by atoms with van der Waals surface area (Å²) in [6.07, 6.45) is 6.69. The molecule has 6 nitrogen and oxygen atoms in total. The number of likely N-dealkylation sites (tertiary alicyclic amines) is 1. The summed E-state index contributed by atoms with van der Waals surface area (Å²) >= 11 is 0. The number of rotatable bonds is 8. The van der Waals surface area contributed by atoms with Gasteiger partial charge < -0.3 is 15.4 Å². The van der Waals surface area contributed by atoms with Crippen molar-refractivity contribution in [2.24, 2.45) is 10.9 Å². The van der Waals surface area contributed by atoms with Crippen LogP contribution in [0.1, 0.15) is 43.7 Å². The van der Waals surface area contributed by atoms with Crippen LogP contribution in [0.2, 0.25) is 0 Å². The van der Waals surface area contributed by atoms with E-state index in [4.69, 9.17) is 4.74 Å². The number of aromatic nitrogens is 1. The molecule has 0 radical (unpaired) electrons. The third-order valence-corrected chi connectivity index (χ3v) is 6.23. The molecule has 0 spiro atoms. The average molecular weight is 422 g/mol. The molecule has 1 aromatic heterocycles. The molecule has 2 heterocycles. The van der Waals surface area contributed by atoms with Gasteiger partial charge in [-0.2, -0.15) is 0 Å². The van der Waals surface area contributed by atoms with Crippen molar-refractivity contribution in [3.63, 3.8) is 0 Å². The number of nitrogens with zero attached hydrogens (tertiary/aromatic N) is 3. The number of aliphatic imine (C=N–C) groups is 1. The first-order valence-corrected chi connectivity index (χ1v) is 11.5. The molecule has 1 saturated heterocycles. The minimum Gasteiger partial charge on any atom is -0.477 e. The Morgan fingerprint density at radius 3 is 2.65 bits per heavy atom. The second-order valence-corrected chi connectivity index (χ2v) is 8.86. The number of hydrogen-bond acceptors (Lipinski definition) is 4. The van der Waals surface area contributed by atoms with Gasteiger partial charge in [0.15, 0.2) is 5.96 Å². The van der Waals surface area contributed by atoms with Gasteiger partial charge in [0.2, 0.25) is 5.88 Å². The lowest BCUT2D eigenvalue weighted by Gasteiger charge is -2.38. The predicted octanol–water partition coefficient (Wildman–Crippen LogP) is 3.59. The highest BCUT2D eigenvalue weighted by Crippen LogP contribution is 2.29. The maximum atomic E-state index is 5.72. The number of pyridine rings is 1. The first kappa shape index (κ1) is 21.6. The molecule has 2 fully saturated rings. The van der Waals surface area contributed by atoms with Crippen LogP contribution in [0.5, 0.6) is 5.88 Å². The largest absolute Gasteiger partial charge is 0.477 e. The Morgan fingerprint density at radius 1 is 1.13 bits per heavy atom. The second-order valence-electron chi connectivity index (χ2n) is 8.86. The van der Waals surface area contributed by atoms with E-state index in [2.05, 4.69) is 68.8 Å². The van der Waals surface area contributed by atoms with E-state index in [1.807, 2.05) is 19.3 Å². The fourth-order valence-corrected chi connectivity index (χ4v) is 4.07. The average Bonchev–Trinajstić information content (AvgIpc) is 3.63. The van der Waals surface area contributed by atoms with Crippen molar-refractivity contribution in [1.29, 1.82) is 0 Å². The van der Waals surface area contributed by atoms with Gasteiger partial charge in [0.25, 0.3) is 0 Å². The van der Waals surface area contributed by atoms with Crippen LogP contribution in [0, 0.1) is 5.92 Å². The third kappa shape index (κ3) is 6.69. The van der Waals surface area contributed by atoms with Crippen molar-refractivity contribution in [1.82, 2.24) is 20.5 Å². The first-order chi connectivity index (χ1) is 15.2. The zero-order valence-electron chi connectivity index (χ0n) is 18.8. The Bertz CT molecular complexity index is 835. The van der Waals surface area contributed by atoms with Gasteiger partial charge in [-0.1, -0.05) is 36.4 Å². The van der Waals surface area contributed by atoms with Crippen molar-refractivity contribution in [2.45, 2.75) is 57.8 Å². The summed E-state index contributed by atoms with van der Waals surface area (Å²) in [5, 5.41) is 7.03. The van der Waals surface area contributed by atoms with Crippen LogP contribution in [-0.2, 0) is 13.1 Å². The Morgan fingerprint density at radius 2 is 1.97 bits per heavy atom. The van der Waals surface area contributed by atoms with E-state index >= 15 is 0 Å². The lowest BCUT2D eigenvalue weighted by Crippen LogP contribution is -2.51. The van der Waals surface area contributed by atoms with E-state index in [-0.39, 0.29) is 0 Å². The van der Waals surface area contributed by atoms with E-state index in [1.165, 1.54) is 18.4 Å². The Balaban J connectivity index is 1.20. The number of guanidine groups is 1. The van der Waals surface area contributed by atoms with Crippen LogP contribution in [0.3, 0.4) is 0 Å². The van der Waals surface area contributed by atoms with Crippen molar-refractivity contribution < 1.29 is 4.74 Å². The van der Waals surface area contributed by atoms with Gasteiger partial charge in [0.1, 0.15) is 0 Å². The molecule has 4 rings (SSSR count). The smallest absolute Gasteiger partial charge is 0.213 e. The molecule has 1 aromatic carbocycles. The minimum atomic E-state index is 0.435. The topological polar surface area (TPSA) is 61.8 Å². The molecular weight excluding hydrogens is 386 g/mol. The van der Waals surface area contributed by atoms with E-state index < -0.39 is 0 Å². The normalized spacial score (nSPS) is 22.2. The van der Waals surface area contributed by atoms with Crippen molar-refractivity contribution in [3.05, 3.63) is 59.8 Å². The molecule has 2 N–H and O–H groups in total. The molecule has 31 heavy (non-hydrogen) atoms. The Hall–Kier alpha value is -2.60. The third-order valence-electron chi connectivity index (χ3n) is 6.23. The van der Waals surface area contributed by atoms with Crippen LogP contribution in [0.25, 0.3) is 0 Å². The quantitative estimate of drug-likeness (QED) is 0.504. The van der Waals surface area contributed by atoms with Gasteiger partial charge in [-0.3, -0.25) is 9.89 Å². The zero-order valence-corrected chi connectivity index (χ0v) is 18.8. The summed E-state index contributed by atoms with van der Waals surface area (Å²) < 4.78 is 5.72. The molecule has 2 unspecified atom stereocenters. The van der Waals surface area contributed by atoms with E-state index in [0.29, 0.717) is 18.6 Å². The molecule has 2 aliphatic rings.